The van der Waals surface area contributed by atoms with Crippen LogP contribution in [0, 0.1) is 0 Å². The van der Waals surface area contributed by atoms with Gasteiger partial charge in [0.1, 0.15) is 0 Å². The van der Waals surface area contributed by atoms with Gasteiger partial charge < -0.3 is 16.0 Å². The van der Waals surface area contributed by atoms with Gasteiger partial charge in [0.15, 0.2) is 0 Å². The lowest BCUT2D eigenvalue weighted by molar-refractivity contribution is 0.226. The van der Waals surface area contributed by atoms with Gasteiger partial charge in [-0.1, -0.05) is 24.3 Å². The Bertz CT molecular complexity index is 513. The van der Waals surface area contributed by atoms with Crippen molar-refractivity contribution in [1.82, 2.24) is 20.9 Å². The molecule has 3 N–H and O–H groups in total. The van der Waals surface area contributed by atoms with Gasteiger partial charge in [-0.25, -0.2) is 4.79 Å². The van der Waals surface area contributed by atoms with Crippen molar-refractivity contribution in [3.05, 3.63) is 35.4 Å². The summed E-state index contributed by atoms with van der Waals surface area (Å²) in [5.41, 5.74) is 2.87. The van der Waals surface area contributed by atoms with Crippen molar-refractivity contribution in [2.75, 3.05) is 45.8 Å². The summed E-state index contributed by atoms with van der Waals surface area (Å²) in [6, 6.07) is 8.60. The first kappa shape index (κ1) is 16.3. The summed E-state index contributed by atoms with van der Waals surface area (Å²) >= 11 is 0. The van der Waals surface area contributed by atoms with Gasteiger partial charge >= 0.3 is 6.03 Å². The van der Waals surface area contributed by atoms with Gasteiger partial charge in [0.25, 0.3) is 0 Å². The summed E-state index contributed by atoms with van der Waals surface area (Å²) in [7, 11) is 0. The Morgan fingerprint density at radius 3 is 2.91 bits per heavy atom. The fraction of sp³-hybridized carbons (Fsp3) is 0.611. The first-order valence-corrected chi connectivity index (χ1v) is 8.85. The zero-order chi connectivity index (χ0) is 15.9. The number of benzene rings is 1. The van der Waals surface area contributed by atoms with Gasteiger partial charge in [-0.05, 0) is 30.4 Å². The predicted molar refractivity (Wildman–Crippen MR) is 92.8 cm³/mol. The van der Waals surface area contributed by atoms with Crippen molar-refractivity contribution in [3.63, 3.8) is 0 Å². The first-order chi connectivity index (χ1) is 11.3. The Labute approximate surface area is 138 Å². The predicted octanol–water partition coefficient (Wildman–Crippen LogP) is 1.31. The molecule has 1 fully saturated rings. The molecule has 0 spiro atoms. The summed E-state index contributed by atoms with van der Waals surface area (Å²) in [4.78, 5) is 14.4. The average molecular weight is 316 g/mol. The molecule has 0 saturated carbocycles. The highest BCUT2D eigenvalue weighted by Gasteiger charge is 2.20. The summed E-state index contributed by atoms with van der Waals surface area (Å²) in [5, 5.41) is 9.37. The van der Waals surface area contributed by atoms with Crippen molar-refractivity contribution in [1.29, 1.82) is 0 Å². The molecule has 0 bridgehead atoms. The highest BCUT2D eigenvalue weighted by molar-refractivity contribution is 5.73. The van der Waals surface area contributed by atoms with E-state index >= 15 is 0 Å². The number of rotatable bonds is 5. The van der Waals surface area contributed by atoms with Crippen LogP contribution in [0.1, 0.15) is 29.9 Å². The van der Waals surface area contributed by atoms with Crippen LogP contribution in [-0.4, -0.2) is 56.7 Å². The molecule has 23 heavy (non-hydrogen) atoms. The number of carbonyl (C=O) groups is 1. The topological polar surface area (TPSA) is 56.4 Å². The number of carbonyl (C=O) groups excluding carboxylic acids is 1. The van der Waals surface area contributed by atoms with Crippen LogP contribution in [0.4, 0.5) is 4.79 Å². The van der Waals surface area contributed by atoms with Crippen LogP contribution in [0.2, 0.25) is 0 Å². The van der Waals surface area contributed by atoms with E-state index in [1.54, 1.807) is 0 Å². The maximum atomic E-state index is 12.0. The van der Waals surface area contributed by atoms with Crippen molar-refractivity contribution in [2.45, 2.75) is 25.2 Å². The lowest BCUT2D eigenvalue weighted by Crippen LogP contribution is -2.47. The van der Waals surface area contributed by atoms with Gasteiger partial charge in [0, 0.05) is 51.7 Å². The molecular weight excluding hydrogens is 288 g/mol. The lowest BCUT2D eigenvalue weighted by atomic mass is 9.83. The molecule has 1 aromatic carbocycles. The lowest BCUT2D eigenvalue weighted by Gasteiger charge is -2.27. The number of amides is 2. The van der Waals surface area contributed by atoms with Crippen molar-refractivity contribution in [3.8, 4) is 0 Å². The summed E-state index contributed by atoms with van der Waals surface area (Å²) in [5.74, 6) is 0.457. The minimum atomic E-state index is -0.0387. The first-order valence-electron chi connectivity index (χ1n) is 8.85. The van der Waals surface area contributed by atoms with Crippen LogP contribution in [0.15, 0.2) is 24.3 Å². The minimum Gasteiger partial charge on any atom is -0.338 e. The van der Waals surface area contributed by atoms with E-state index in [1.165, 1.54) is 24.0 Å². The maximum Gasteiger partial charge on any atom is 0.314 e. The Morgan fingerprint density at radius 2 is 2.04 bits per heavy atom. The van der Waals surface area contributed by atoms with E-state index < -0.39 is 0 Å². The minimum absolute atomic E-state index is 0.0387. The quantitative estimate of drug-likeness (QED) is 0.768. The molecule has 0 radical (unpaired) electrons. The van der Waals surface area contributed by atoms with E-state index in [4.69, 9.17) is 0 Å². The van der Waals surface area contributed by atoms with Crippen LogP contribution in [0.5, 0.6) is 0 Å². The van der Waals surface area contributed by atoms with Crippen LogP contribution < -0.4 is 16.0 Å². The smallest absolute Gasteiger partial charge is 0.314 e. The number of urea groups is 1. The number of nitrogens with one attached hydrogen (secondary N) is 3. The molecule has 2 amide bonds. The average Bonchev–Trinajstić information content (AvgIpc) is 2.61. The molecule has 0 aromatic heterocycles. The second-order valence-corrected chi connectivity index (χ2v) is 6.52. The fourth-order valence-electron chi connectivity index (χ4n) is 3.61. The molecule has 1 saturated heterocycles. The third-order valence-corrected chi connectivity index (χ3v) is 4.93. The van der Waals surface area contributed by atoms with E-state index in [9.17, 15) is 4.79 Å². The molecule has 1 aromatic rings. The van der Waals surface area contributed by atoms with Gasteiger partial charge in [0.2, 0.25) is 0 Å². The number of hydrogen-bond acceptors (Lipinski definition) is 3. The molecular formula is C18H28N4O. The molecule has 5 heteroatoms. The Balaban J connectivity index is 1.38. The van der Waals surface area contributed by atoms with Crippen LogP contribution in [0.25, 0.3) is 0 Å². The number of nitrogens with zero attached hydrogens (tertiary/aromatic N) is 1. The van der Waals surface area contributed by atoms with Gasteiger partial charge in [-0.15, -0.1) is 0 Å². The molecule has 1 aliphatic carbocycles. The second kappa shape index (κ2) is 8.31. The molecule has 3 rings (SSSR count). The Kier molecular flexibility index (Phi) is 5.88. The summed E-state index contributed by atoms with van der Waals surface area (Å²) in [6.07, 6.45) is 3.55. The number of piperazine rings is 1. The number of aryl methyl sites for hydroxylation is 1. The van der Waals surface area contributed by atoms with E-state index in [1.807, 2.05) is 0 Å². The van der Waals surface area contributed by atoms with Crippen molar-refractivity contribution < 1.29 is 4.79 Å². The van der Waals surface area contributed by atoms with E-state index in [0.29, 0.717) is 12.5 Å². The van der Waals surface area contributed by atoms with Crippen LogP contribution in [0.3, 0.4) is 0 Å². The summed E-state index contributed by atoms with van der Waals surface area (Å²) < 4.78 is 0. The van der Waals surface area contributed by atoms with Crippen molar-refractivity contribution in [2.24, 2.45) is 0 Å². The highest BCUT2D eigenvalue weighted by Crippen LogP contribution is 2.30. The van der Waals surface area contributed by atoms with Gasteiger partial charge in [0.05, 0.1) is 0 Å². The molecule has 1 atom stereocenters. The zero-order valence-corrected chi connectivity index (χ0v) is 13.8. The van der Waals surface area contributed by atoms with Crippen LogP contribution >= 0.6 is 0 Å². The van der Waals surface area contributed by atoms with Gasteiger partial charge in [-0.2, -0.15) is 0 Å². The van der Waals surface area contributed by atoms with E-state index in [0.717, 1.165) is 45.7 Å². The third-order valence-electron chi connectivity index (χ3n) is 4.93. The molecule has 126 valence electrons. The van der Waals surface area contributed by atoms with E-state index in [2.05, 4.69) is 45.1 Å². The van der Waals surface area contributed by atoms with Crippen molar-refractivity contribution >= 4 is 6.03 Å². The second-order valence-electron chi connectivity index (χ2n) is 6.52. The highest BCUT2D eigenvalue weighted by atomic mass is 16.2. The zero-order valence-electron chi connectivity index (χ0n) is 13.8. The maximum absolute atomic E-state index is 12.0. The molecule has 1 heterocycles. The third kappa shape index (κ3) is 4.69. The molecule has 1 aliphatic heterocycles. The monoisotopic (exact) mass is 316 g/mol. The molecule has 2 aliphatic rings. The van der Waals surface area contributed by atoms with E-state index in [-0.39, 0.29) is 6.03 Å². The fourth-order valence-corrected chi connectivity index (χ4v) is 3.61. The number of fused-ring (bicyclic) bond motifs is 1. The SMILES string of the molecule is O=C(NCCN1CCNCC1)NCC1CCCc2ccccc21. The normalized spacial score (nSPS) is 21.5. The largest absolute Gasteiger partial charge is 0.338 e. The Morgan fingerprint density at radius 1 is 1.22 bits per heavy atom. The molecule has 5 nitrogen and oxygen atoms in total. The van der Waals surface area contributed by atoms with Crippen LogP contribution in [-0.2, 0) is 6.42 Å². The van der Waals surface area contributed by atoms with Gasteiger partial charge in [-0.3, -0.25) is 4.90 Å². The molecule has 1 unspecified atom stereocenters. The summed E-state index contributed by atoms with van der Waals surface area (Å²) in [6.45, 7) is 6.62. The number of hydrogen-bond donors (Lipinski definition) is 3. The Hall–Kier alpha value is -1.59. The standard InChI is InChI=1S/C18H28N4O/c23-18(20-10-13-22-11-8-19-9-12-22)21-14-16-6-3-5-15-4-1-2-7-17(15)16/h1-2,4,7,16,19H,3,5-6,8-14H2,(H2,20,21,23).